The van der Waals surface area contributed by atoms with Gasteiger partial charge in [0.1, 0.15) is 0 Å². The highest BCUT2D eigenvalue weighted by Gasteiger charge is 2.29. The molecule has 6 heteroatoms. The van der Waals surface area contributed by atoms with Crippen LogP contribution < -0.4 is 0 Å². The van der Waals surface area contributed by atoms with Crippen molar-refractivity contribution in [3.63, 3.8) is 0 Å². The minimum absolute atomic E-state index is 0.134. The van der Waals surface area contributed by atoms with Gasteiger partial charge in [0.15, 0.2) is 0 Å². The third-order valence-corrected chi connectivity index (χ3v) is 4.30. The number of carbonyl (C=O) groups excluding carboxylic acids is 1. The van der Waals surface area contributed by atoms with Gasteiger partial charge in [-0.3, -0.25) is 4.79 Å². The summed E-state index contributed by atoms with van der Waals surface area (Å²) >= 11 is 0. The second-order valence-corrected chi connectivity index (χ2v) is 6.44. The second kappa shape index (κ2) is 6.35. The summed E-state index contributed by atoms with van der Waals surface area (Å²) in [5.41, 5.74) is 0. The quantitative estimate of drug-likeness (QED) is 0.548. The molecule has 1 aliphatic heterocycles. The lowest BCUT2D eigenvalue weighted by atomic mass is 9.98. The fraction of sp³-hybridized carbons (Fsp3) is 0.909. The Hall–Kier alpha value is -0.620. The summed E-state index contributed by atoms with van der Waals surface area (Å²) in [5, 5.41) is 0. The summed E-state index contributed by atoms with van der Waals surface area (Å²) < 4.78 is 29.1. The molecule has 0 aromatic rings. The van der Waals surface area contributed by atoms with Crippen molar-refractivity contribution in [3.05, 3.63) is 0 Å². The summed E-state index contributed by atoms with van der Waals surface area (Å²) in [4.78, 5) is 11.6. The van der Waals surface area contributed by atoms with Crippen LogP contribution in [0.15, 0.2) is 0 Å². The molecule has 1 rings (SSSR count). The number of carbonyl (C=O) groups is 1. The maximum absolute atomic E-state index is 11.6. The molecule has 100 valence electrons. The van der Waals surface area contributed by atoms with Gasteiger partial charge in [0.05, 0.1) is 18.8 Å². The zero-order chi connectivity index (χ0) is 12.9. The molecule has 1 fully saturated rings. The first kappa shape index (κ1) is 14.4. The van der Waals surface area contributed by atoms with Crippen molar-refractivity contribution in [1.82, 2.24) is 4.31 Å². The zero-order valence-electron chi connectivity index (χ0n) is 10.5. The van der Waals surface area contributed by atoms with Crippen LogP contribution in [0.1, 0.15) is 32.6 Å². The Morgan fingerprint density at radius 1 is 1.35 bits per heavy atom. The standard InChI is InChI=1S/C11H21NO4S/c1-3-4-9-16-11(13)10-5-7-12(8-6-10)17(2,14)15/h10H,3-9H2,1-2H3. The number of hydrogen-bond donors (Lipinski definition) is 0. The molecule has 0 aromatic carbocycles. The average molecular weight is 263 g/mol. The molecule has 0 atom stereocenters. The van der Waals surface area contributed by atoms with Crippen LogP contribution in [0.3, 0.4) is 0 Å². The van der Waals surface area contributed by atoms with Crippen molar-refractivity contribution >= 4 is 16.0 Å². The third kappa shape index (κ3) is 4.63. The Labute approximate surface area is 103 Å². The lowest BCUT2D eigenvalue weighted by Gasteiger charge is -2.28. The van der Waals surface area contributed by atoms with E-state index in [1.807, 2.05) is 6.92 Å². The van der Waals surface area contributed by atoms with E-state index < -0.39 is 10.0 Å². The Balaban J connectivity index is 2.34. The molecule has 0 amide bonds. The van der Waals surface area contributed by atoms with Gasteiger partial charge in [-0.2, -0.15) is 0 Å². The van der Waals surface area contributed by atoms with Gasteiger partial charge < -0.3 is 4.74 Å². The van der Waals surface area contributed by atoms with E-state index in [0.717, 1.165) is 12.8 Å². The maximum Gasteiger partial charge on any atom is 0.309 e. The molecule has 1 saturated heterocycles. The van der Waals surface area contributed by atoms with Crippen molar-refractivity contribution in [2.24, 2.45) is 5.92 Å². The van der Waals surface area contributed by atoms with Crippen LogP contribution in [0.2, 0.25) is 0 Å². The second-order valence-electron chi connectivity index (χ2n) is 4.46. The number of hydrogen-bond acceptors (Lipinski definition) is 4. The van der Waals surface area contributed by atoms with Crippen LogP contribution in [0, 0.1) is 5.92 Å². The molecule has 1 aliphatic rings. The van der Waals surface area contributed by atoms with Crippen molar-refractivity contribution < 1.29 is 17.9 Å². The fourth-order valence-corrected chi connectivity index (χ4v) is 2.73. The van der Waals surface area contributed by atoms with E-state index in [9.17, 15) is 13.2 Å². The molecule has 5 nitrogen and oxygen atoms in total. The van der Waals surface area contributed by atoms with Gasteiger partial charge in [0, 0.05) is 13.1 Å². The van der Waals surface area contributed by atoms with E-state index in [0.29, 0.717) is 32.5 Å². The van der Waals surface area contributed by atoms with Crippen LogP contribution in [-0.4, -0.2) is 44.6 Å². The monoisotopic (exact) mass is 263 g/mol. The number of rotatable bonds is 5. The number of unbranched alkanes of at least 4 members (excludes halogenated alkanes) is 1. The Morgan fingerprint density at radius 2 is 1.94 bits per heavy atom. The van der Waals surface area contributed by atoms with Crippen molar-refractivity contribution in [2.45, 2.75) is 32.6 Å². The number of sulfonamides is 1. The highest BCUT2D eigenvalue weighted by atomic mass is 32.2. The molecule has 1 heterocycles. The summed E-state index contributed by atoms with van der Waals surface area (Å²) in [6, 6.07) is 0. The van der Waals surface area contributed by atoms with Gasteiger partial charge in [-0.1, -0.05) is 13.3 Å². The predicted octanol–water partition coefficient (Wildman–Crippen LogP) is 1.00. The summed E-state index contributed by atoms with van der Waals surface area (Å²) in [7, 11) is -3.11. The van der Waals surface area contributed by atoms with Gasteiger partial charge in [-0.15, -0.1) is 0 Å². The van der Waals surface area contributed by atoms with Crippen molar-refractivity contribution in [1.29, 1.82) is 0 Å². The normalized spacial score (nSPS) is 19.2. The maximum atomic E-state index is 11.6. The van der Waals surface area contributed by atoms with Crippen LogP contribution in [-0.2, 0) is 19.6 Å². The highest BCUT2D eigenvalue weighted by Crippen LogP contribution is 2.20. The van der Waals surface area contributed by atoms with E-state index in [1.165, 1.54) is 10.6 Å². The minimum Gasteiger partial charge on any atom is -0.465 e. The molecule has 0 aliphatic carbocycles. The number of esters is 1. The van der Waals surface area contributed by atoms with E-state index in [1.54, 1.807) is 0 Å². The average Bonchev–Trinajstić information content (AvgIpc) is 2.28. The highest BCUT2D eigenvalue weighted by molar-refractivity contribution is 7.88. The zero-order valence-corrected chi connectivity index (χ0v) is 11.3. The van der Waals surface area contributed by atoms with Crippen LogP contribution >= 0.6 is 0 Å². The van der Waals surface area contributed by atoms with Crippen molar-refractivity contribution in [2.75, 3.05) is 26.0 Å². The minimum atomic E-state index is -3.11. The van der Waals surface area contributed by atoms with Gasteiger partial charge in [-0.25, -0.2) is 12.7 Å². The van der Waals surface area contributed by atoms with Gasteiger partial charge in [-0.05, 0) is 19.3 Å². The fourth-order valence-electron chi connectivity index (χ4n) is 1.86. The van der Waals surface area contributed by atoms with Crippen LogP contribution in [0.5, 0.6) is 0 Å². The van der Waals surface area contributed by atoms with Crippen LogP contribution in [0.4, 0.5) is 0 Å². The first-order valence-corrected chi connectivity index (χ1v) is 7.91. The first-order chi connectivity index (χ1) is 7.95. The van der Waals surface area contributed by atoms with E-state index >= 15 is 0 Å². The SMILES string of the molecule is CCCCOC(=O)C1CCN(S(C)(=O)=O)CC1. The molecule has 0 aromatic heterocycles. The first-order valence-electron chi connectivity index (χ1n) is 6.07. The topological polar surface area (TPSA) is 63.7 Å². The largest absolute Gasteiger partial charge is 0.465 e. The molecular weight excluding hydrogens is 242 g/mol. The molecule has 0 spiro atoms. The van der Waals surface area contributed by atoms with E-state index in [4.69, 9.17) is 4.74 Å². The third-order valence-electron chi connectivity index (χ3n) is 3.00. The molecule has 0 unspecified atom stereocenters. The van der Waals surface area contributed by atoms with Gasteiger partial charge in [0.25, 0.3) is 0 Å². The van der Waals surface area contributed by atoms with Gasteiger partial charge >= 0.3 is 5.97 Å². The molecular formula is C11H21NO4S. The summed E-state index contributed by atoms with van der Waals surface area (Å²) in [6.45, 7) is 3.36. The summed E-state index contributed by atoms with van der Waals surface area (Å²) in [5.74, 6) is -0.309. The Bertz CT molecular complexity index is 344. The van der Waals surface area contributed by atoms with Crippen molar-refractivity contribution in [3.8, 4) is 0 Å². The Morgan fingerprint density at radius 3 is 2.41 bits per heavy atom. The lowest BCUT2D eigenvalue weighted by molar-refractivity contribution is -0.149. The number of nitrogens with zero attached hydrogens (tertiary/aromatic N) is 1. The van der Waals surface area contributed by atoms with Crippen LogP contribution in [0.25, 0.3) is 0 Å². The van der Waals surface area contributed by atoms with E-state index in [2.05, 4.69) is 0 Å². The molecule has 0 radical (unpaired) electrons. The Kier molecular flexibility index (Phi) is 5.39. The number of ether oxygens (including phenoxy) is 1. The molecule has 0 N–H and O–H groups in total. The summed E-state index contributed by atoms with van der Waals surface area (Å²) in [6.07, 6.45) is 4.22. The molecule has 0 bridgehead atoms. The molecule has 0 saturated carbocycles. The van der Waals surface area contributed by atoms with Gasteiger partial charge in [0.2, 0.25) is 10.0 Å². The smallest absolute Gasteiger partial charge is 0.309 e. The molecule has 17 heavy (non-hydrogen) atoms. The van der Waals surface area contributed by atoms with E-state index in [-0.39, 0.29) is 11.9 Å². The predicted molar refractivity (Wildman–Crippen MR) is 65.0 cm³/mol. The number of piperidine rings is 1. The lowest BCUT2D eigenvalue weighted by Crippen LogP contribution is -2.40.